The van der Waals surface area contributed by atoms with E-state index in [-0.39, 0.29) is 6.23 Å². The zero-order valence-corrected chi connectivity index (χ0v) is 16.1. The average molecular weight is 386 g/mol. The topological polar surface area (TPSA) is 59.9 Å². The number of thioether (sulfide) groups is 1. The van der Waals surface area contributed by atoms with Crippen LogP contribution in [0, 0.1) is 0 Å². The Morgan fingerprint density at radius 1 is 0.964 bits per heavy atom. The predicted molar refractivity (Wildman–Crippen MR) is 113 cm³/mol. The number of aromatic nitrogens is 3. The van der Waals surface area contributed by atoms with Crippen LogP contribution in [0.5, 0.6) is 5.88 Å². The van der Waals surface area contributed by atoms with Gasteiger partial charge in [0.25, 0.3) is 0 Å². The van der Waals surface area contributed by atoms with Crippen LogP contribution in [0.4, 0.5) is 5.69 Å². The molecular weight excluding hydrogens is 368 g/mol. The second-order valence-electron chi connectivity index (χ2n) is 6.48. The maximum absolute atomic E-state index is 6.32. The van der Waals surface area contributed by atoms with Gasteiger partial charge in [0.2, 0.25) is 11.0 Å². The standard InChI is InChI=1S/C22H18N4OS/c1-2-28-22-24-21-19(25-26-22)17-9-5-6-10-18(17)23-20(27-21)16-12-11-14-7-3-4-8-15(14)13-16/h3-13,20,23H,2H2,1H3/t20-/m1/s1. The molecule has 0 amide bonds. The lowest BCUT2D eigenvalue weighted by molar-refractivity contribution is 0.225. The van der Waals surface area contributed by atoms with E-state index in [9.17, 15) is 0 Å². The molecule has 5 rings (SSSR count). The number of hydrogen-bond donors (Lipinski definition) is 1. The first kappa shape index (κ1) is 17.0. The highest BCUT2D eigenvalue weighted by Crippen LogP contribution is 2.39. The van der Waals surface area contributed by atoms with E-state index < -0.39 is 0 Å². The molecular formula is C22H18N4OS. The van der Waals surface area contributed by atoms with Gasteiger partial charge < -0.3 is 10.1 Å². The molecule has 1 aliphatic heterocycles. The van der Waals surface area contributed by atoms with Crippen LogP contribution in [0.15, 0.2) is 71.9 Å². The minimum atomic E-state index is -0.372. The van der Waals surface area contributed by atoms with Gasteiger partial charge in [-0.25, -0.2) is 0 Å². The first-order valence-electron chi connectivity index (χ1n) is 9.20. The summed E-state index contributed by atoms with van der Waals surface area (Å²) in [5.41, 5.74) is 3.58. The predicted octanol–water partition coefficient (Wildman–Crippen LogP) is 5.31. The number of para-hydroxylation sites is 1. The molecule has 0 saturated carbocycles. The Kier molecular flexibility index (Phi) is 4.33. The van der Waals surface area contributed by atoms with Gasteiger partial charge >= 0.3 is 0 Å². The van der Waals surface area contributed by atoms with Gasteiger partial charge in [-0.1, -0.05) is 73.3 Å². The van der Waals surface area contributed by atoms with Gasteiger partial charge in [-0.3, -0.25) is 0 Å². The fraction of sp³-hybridized carbons (Fsp3) is 0.136. The maximum Gasteiger partial charge on any atom is 0.247 e. The van der Waals surface area contributed by atoms with Crippen molar-refractivity contribution in [3.8, 4) is 17.1 Å². The molecule has 5 nitrogen and oxygen atoms in total. The molecule has 3 aromatic carbocycles. The molecule has 138 valence electrons. The van der Waals surface area contributed by atoms with E-state index in [1.807, 2.05) is 36.4 Å². The Morgan fingerprint density at radius 3 is 2.68 bits per heavy atom. The summed E-state index contributed by atoms with van der Waals surface area (Å²) in [4.78, 5) is 4.63. The Morgan fingerprint density at radius 2 is 1.79 bits per heavy atom. The Hall–Kier alpha value is -3.12. The first-order valence-corrected chi connectivity index (χ1v) is 10.2. The van der Waals surface area contributed by atoms with Crippen LogP contribution >= 0.6 is 11.8 Å². The monoisotopic (exact) mass is 386 g/mol. The summed E-state index contributed by atoms with van der Waals surface area (Å²) in [6.45, 7) is 2.06. The summed E-state index contributed by atoms with van der Waals surface area (Å²) in [6.07, 6.45) is -0.372. The van der Waals surface area contributed by atoms with E-state index in [2.05, 4.69) is 57.8 Å². The maximum atomic E-state index is 6.32. The third-order valence-electron chi connectivity index (χ3n) is 4.68. The van der Waals surface area contributed by atoms with Gasteiger partial charge in [0.1, 0.15) is 0 Å². The third kappa shape index (κ3) is 3.05. The number of anilines is 1. The van der Waals surface area contributed by atoms with E-state index in [1.165, 1.54) is 10.8 Å². The van der Waals surface area contributed by atoms with Crippen molar-refractivity contribution in [3.05, 3.63) is 72.3 Å². The van der Waals surface area contributed by atoms with Crippen molar-refractivity contribution in [1.82, 2.24) is 15.2 Å². The fourth-order valence-corrected chi connectivity index (χ4v) is 3.86. The van der Waals surface area contributed by atoms with Crippen molar-refractivity contribution in [1.29, 1.82) is 0 Å². The van der Waals surface area contributed by atoms with Crippen molar-refractivity contribution < 1.29 is 4.74 Å². The molecule has 0 saturated heterocycles. The summed E-state index contributed by atoms with van der Waals surface area (Å²) < 4.78 is 6.32. The minimum absolute atomic E-state index is 0.372. The van der Waals surface area contributed by atoms with E-state index in [4.69, 9.17) is 4.74 Å². The highest BCUT2D eigenvalue weighted by Gasteiger charge is 2.26. The largest absolute Gasteiger partial charge is 0.448 e. The summed E-state index contributed by atoms with van der Waals surface area (Å²) >= 11 is 1.55. The first-order chi connectivity index (χ1) is 13.8. The molecule has 0 spiro atoms. The number of nitrogens with one attached hydrogen (secondary N) is 1. The Labute approximate surface area is 167 Å². The number of nitrogens with zero attached hydrogens (tertiary/aromatic N) is 3. The van der Waals surface area contributed by atoms with Crippen LogP contribution in [-0.2, 0) is 0 Å². The van der Waals surface area contributed by atoms with E-state index in [0.717, 1.165) is 22.6 Å². The molecule has 1 aliphatic rings. The normalized spacial score (nSPS) is 15.1. The van der Waals surface area contributed by atoms with Crippen molar-refractivity contribution in [3.63, 3.8) is 0 Å². The molecule has 1 aromatic heterocycles. The lowest BCUT2D eigenvalue weighted by atomic mass is 10.1. The van der Waals surface area contributed by atoms with Gasteiger partial charge in [0, 0.05) is 16.8 Å². The van der Waals surface area contributed by atoms with Crippen LogP contribution in [-0.4, -0.2) is 20.9 Å². The van der Waals surface area contributed by atoms with Crippen LogP contribution in [0.2, 0.25) is 0 Å². The fourth-order valence-electron chi connectivity index (χ4n) is 3.36. The van der Waals surface area contributed by atoms with Crippen LogP contribution in [0.25, 0.3) is 22.0 Å². The van der Waals surface area contributed by atoms with Gasteiger partial charge in [-0.05, 0) is 28.7 Å². The molecule has 6 heteroatoms. The van der Waals surface area contributed by atoms with Crippen LogP contribution in [0.3, 0.4) is 0 Å². The van der Waals surface area contributed by atoms with Crippen LogP contribution < -0.4 is 10.1 Å². The number of benzene rings is 3. The van der Waals surface area contributed by atoms with Crippen molar-refractivity contribution in [2.24, 2.45) is 0 Å². The number of fused-ring (bicyclic) bond motifs is 4. The second kappa shape index (κ2) is 7.13. The SMILES string of the molecule is CCSc1nnc2c(n1)O[C@H](c1ccc3ccccc3c1)Nc1ccccc1-2. The van der Waals surface area contributed by atoms with E-state index in [0.29, 0.717) is 16.7 Å². The highest BCUT2D eigenvalue weighted by molar-refractivity contribution is 7.99. The molecule has 28 heavy (non-hydrogen) atoms. The molecule has 0 radical (unpaired) electrons. The average Bonchev–Trinajstić information content (AvgIpc) is 2.90. The summed E-state index contributed by atoms with van der Waals surface area (Å²) in [5, 5.41) is 15.2. The van der Waals surface area contributed by atoms with Gasteiger partial charge in [-0.15, -0.1) is 10.2 Å². The summed E-state index contributed by atoms with van der Waals surface area (Å²) in [7, 11) is 0. The van der Waals surface area contributed by atoms with Crippen LogP contribution in [0.1, 0.15) is 18.7 Å². The van der Waals surface area contributed by atoms with Gasteiger partial charge in [-0.2, -0.15) is 4.98 Å². The van der Waals surface area contributed by atoms with E-state index >= 15 is 0 Å². The highest BCUT2D eigenvalue weighted by atomic mass is 32.2. The second-order valence-corrected chi connectivity index (χ2v) is 7.71. The van der Waals surface area contributed by atoms with Crippen molar-refractivity contribution in [2.75, 3.05) is 11.1 Å². The molecule has 4 aromatic rings. The molecule has 0 bridgehead atoms. The number of ether oxygens (including phenoxy) is 1. The summed E-state index contributed by atoms with van der Waals surface area (Å²) in [5.74, 6) is 1.38. The van der Waals surface area contributed by atoms with Gasteiger partial charge in [0.05, 0.1) is 0 Å². The summed E-state index contributed by atoms with van der Waals surface area (Å²) in [6, 6.07) is 22.7. The van der Waals surface area contributed by atoms with Gasteiger partial charge in [0.15, 0.2) is 11.9 Å². The lowest BCUT2D eigenvalue weighted by Crippen LogP contribution is -2.17. The van der Waals surface area contributed by atoms with E-state index in [1.54, 1.807) is 11.8 Å². The molecule has 2 heterocycles. The number of hydrogen-bond acceptors (Lipinski definition) is 6. The zero-order valence-electron chi connectivity index (χ0n) is 15.3. The lowest BCUT2D eigenvalue weighted by Gasteiger charge is -2.19. The molecule has 1 N–H and O–H groups in total. The molecule has 0 fully saturated rings. The Balaban J connectivity index is 1.63. The molecule has 1 atom stereocenters. The molecule has 0 unspecified atom stereocenters. The Bertz CT molecular complexity index is 1160. The van der Waals surface area contributed by atoms with Crippen molar-refractivity contribution >= 4 is 28.2 Å². The number of rotatable bonds is 3. The smallest absolute Gasteiger partial charge is 0.247 e. The minimum Gasteiger partial charge on any atom is -0.448 e. The quantitative estimate of drug-likeness (QED) is 0.482. The van der Waals surface area contributed by atoms with Crippen molar-refractivity contribution in [2.45, 2.75) is 18.3 Å². The third-order valence-corrected chi connectivity index (χ3v) is 5.40. The zero-order chi connectivity index (χ0) is 18.9. The molecule has 0 aliphatic carbocycles.